The molecule has 0 spiro atoms. The van der Waals surface area contributed by atoms with Crippen LogP contribution in [0.1, 0.15) is 5.56 Å². The van der Waals surface area contributed by atoms with E-state index in [4.69, 9.17) is 4.74 Å². The Kier molecular flexibility index (Phi) is 2.73. The van der Waals surface area contributed by atoms with Crippen LogP contribution < -0.4 is 10.1 Å². The summed E-state index contributed by atoms with van der Waals surface area (Å²) >= 11 is 0. The van der Waals surface area contributed by atoms with Crippen LogP contribution in [-0.2, 0) is 11.2 Å². The molecule has 1 saturated heterocycles. The molecule has 90 valence electrons. The molecule has 0 radical (unpaired) electrons. The minimum Gasteiger partial charge on any atom is -0.480 e. The van der Waals surface area contributed by atoms with Gasteiger partial charge in [0.1, 0.15) is 5.75 Å². The highest BCUT2D eigenvalue weighted by atomic mass is 16.5. The number of ether oxygens (including phenoxy) is 1. The van der Waals surface area contributed by atoms with Gasteiger partial charge in [0, 0.05) is 32.6 Å². The second-order valence-electron chi connectivity index (χ2n) is 4.49. The lowest BCUT2D eigenvalue weighted by Crippen LogP contribution is -2.50. The highest BCUT2D eigenvalue weighted by Crippen LogP contribution is 2.28. The SMILES string of the molecule is O=C(C1Cc2ccccc2O1)N1CCNCC1. The number of hydrogen-bond acceptors (Lipinski definition) is 3. The van der Waals surface area contributed by atoms with Crippen molar-refractivity contribution in [3.05, 3.63) is 29.8 Å². The van der Waals surface area contributed by atoms with Crippen LogP contribution in [0, 0.1) is 0 Å². The van der Waals surface area contributed by atoms with Crippen molar-refractivity contribution in [3.63, 3.8) is 0 Å². The van der Waals surface area contributed by atoms with Gasteiger partial charge in [-0.05, 0) is 11.6 Å². The minimum absolute atomic E-state index is 0.128. The second kappa shape index (κ2) is 4.37. The minimum atomic E-state index is -0.314. The third-order valence-electron chi connectivity index (χ3n) is 3.35. The van der Waals surface area contributed by atoms with E-state index in [0.717, 1.165) is 37.5 Å². The Hall–Kier alpha value is -1.55. The lowest BCUT2D eigenvalue weighted by Gasteiger charge is -2.29. The topological polar surface area (TPSA) is 41.6 Å². The quantitative estimate of drug-likeness (QED) is 0.763. The summed E-state index contributed by atoms with van der Waals surface area (Å²) in [6, 6.07) is 7.89. The van der Waals surface area contributed by atoms with Gasteiger partial charge in [-0.15, -0.1) is 0 Å². The van der Waals surface area contributed by atoms with Crippen molar-refractivity contribution in [2.75, 3.05) is 26.2 Å². The third-order valence-corrected chi connectivity index (χ3v) is 3.35. The van der Waals surface area contributed by atoms with Crippen molar-refractivity contribution in [1.29, 1.82) is 0 Å². The molecule has 2 heterocycles. The summed E-state index contributed by atoms with van der Waals surface area (Å²) in [6.07, 6.45) is 0.393. The van der Waals surface area contributed by atoms with E-state index in [1.54, 1.807) is 0 Å². The number of nitrogens with one attached hydrogen (secondary N) is 1. The molecule has 1 N–H and O–H groups in total. The summed E-state index contributed by atoms with van der Waals surface area (Å²) in [7, 11) is 0. The summed E-state index contributed by atoms with van der Waals surface area (Å²) in [5.41, 5.74) is 1.14. The first-order chi connectivity index (χ1) is 8.34. The lowest BCUT2D eigenvalue weighted by molar-refractivity contribution is -0.138. The first-order valence-electron chi connectivity index (χ1n) is 6.08. The van der Waals surface area contributed by atoms with Gasteiger partial charge in [0.2, 0.25) is 0 Å². The Balaban J connectivity index is 1.69. The molecule has 1 atom stereocenters. The molecule has 1 fully saturated rings. The van der Waals surface area contributed by atoms with Crippen molar-refractivity contribution in [3.8, 4) is 5.75 Å². The fourth-order valence-corrected chi connectivity index (χ4v) is 2.41. The Morgan fingerprint density at radius 3 is 2.82 bits per heavy atom. The van der Waals surface area contributed by atoms with Crippen LogP contribution in [0.4, 0.5) is 0 Å². The Bertz CT molecular complexity index is 402. The molecule has 1 unspecified atom stereocenters. The number of nitrogens with zero attached hydrogens (tertiary/aromatic N) is 1. The first kappa shape index (κ1) is 10.6. The summed E-state index contributed by atoms with van der Waals surface area (Å²) in [5.74, 6) is 0.990. The number of carbonyl (C=O) groups excluding carboxylic acids is 1. The predicted octanol–water partition coefficient (Wildman–Crippen LogP) is 0.422. The molecule has 17 heavy (non-hydrogen) atoms. The maximum absolute atomic E-state index is 12.2. The maximum atomic E-state index is 12.2. The van der Waals surface area contributed by atoms with Crippen LogP contribution in [-0.4, -0.2) is 43.1 Å². The standard InChI is InChI=1S/C13H16N2O2/c16-13(15-7-5-14-6-8-15)12-9-10-3-1-2-4-11(10)17-12/h1-4,12,14H,5-9H2. The molecule has 1 amide bonds. The number of fused-ring (bicyclic) bond motifs is 1. The van der Waals surface area contributed by atoms with Gasteiger partial charge >= 0.3 is 0 Å². The van der Waals surface area contributed by atoms with Crippen LogP contribution >= 0.6 is 0 Å². The number of para-hydroxylation sites is 1. The average molecular weight is 232 g/mol. The molecule has 0 saturated carbocycles. The van der Waals surface area contributed by atoms with Crippen molar-refractivity contribution in [2.24, 2.45) is 0 Å². The smallest absolute Gasteiger partial charge is 0.264 e. The van der Waals surface area contributed by atoms with Crippen molar-refractivity contribution in [1.82, 2.24) is 10.2 Å². The monoisotopic (exact) mass is 232 g/mol. The Labute approximate surface area is 101 Å². The number of hydrogen-bond donors (Lipinski definition) is 1. The lowest BCUT2D eigenvalue weighted by atomic mass is 10.1. The largest absolute Gasteiger partial charge is 0.480 e. The van der Waals surface area contributed by atoms with Gasteiger partial charge in [0.25, 0.3) is 5.91 Å². The molecule has 3 rings (SSSR count). The van der Waals surface area contributed by atoms with Crippen molar-refractivity contribution in [2.45, 2.75) is 12.5 Å². The van der Waals surface area contributed by atoms with E-state index in [-0.39, 0.29) is 12.0 Å². The molecular weight excluding hydrogens is 216 g/mol. The molecule has 0 aromatic heterocycles. The summed E-state index contributed by atoms with van der Waals surface area (Å²) in [4.78, 5) is 14.1. The van der Waals surface area contributed by atoms with E-state index in [2.05, 4.69) is 5.32 Å². The van der Waals surface area contributed by atoms with Crippen LogP contribution in [0.2, 0.25) is 0 Å². The highest BCUT2D eigenvalue weighted by Gasteiger charge is 2.32. The molecular formula is C13H16N2O2. The number of carbonyl (C=O) groups is 1. The predicted molar refractivity (Wildman–Crippen MR) is 64.0 cm³/mol. The summed E-state index contributed by atoms with van der Waals surface area (Å²) in [5, 5.41) is 3.24. The Morgan fingerprint density at radius 1 is 1.29 bits per heavy atom. The summed E-state index contributed by atoms with van der Waals surface area (Å²) < 4.78 is 5.71. The highest BCUT2D eigenvalue weighted by molar-refractivity contribution is 5.82. The molecule has 1 aromatic carbocycles. The van der Waals surface area contributed by atoms with Crippen LogP contribution in [0.25, 0.3) is 0 Å². The average Bonchev–Trinajstić information content (AvgIpc) is 2.82. The molecule has 4 heteroatoms. The van der Waals surface area contributed by atoms with Crippen molar-refractivity contribution < 1.29 is 9.53 Å². The van der Waals surface area contributed by atoms with Gasteiger partial charge in [-0.2, -0.15) is 0 Å². The van der Waals surface area contributed by atoms with E-state index in [1.807, 2.05) is 29.2 Å². The Morgan fingerprint density at radius 2 is 2.06 bits per heavy atom. The van der Waals surface area contributed by atoms with Gasteiger partial charge in [-0.1, -0.05) is 18.2 Å². The molecule has 0 aliphatic carbocycles. The van der Waals surface area contributed by atoms with Gasteiger partial charge < -0.3 is 15.0 Å². The van der Waals surface area contributed by atoms with Crippen LogP contribution in [0.3, 0.4) is 0 Å². The van der Waals surface area contributed by atoms with Crippen LogP contribution in [0.5, 0.6) is 5.75 Å². The zero-order chi connectivity index (χ0) is 11.7. The molecule has 1 aromatic rings. The number of rotatable bonds is 1. The zero-order valence-electron chi connectivity index (χ0n) is 9.69. The molecule has 2 aliphatic heterocycles. The summed E-state index contributed by atoms with van der Waals surface area (Å²) in [6.45, 7) is 3.33. The van der Waals surface area contributed by atoms with E-state index in [0.29, 0.717) is 6.42 Å². The fraction of sp³-hybridized carbons (Fsp3) is 0.462. The first-order valence-corrected chi connectivity index (χ1v) is 6.08. The van der Waals surface area contributed by atoms with Gasteiger partial charge in [-0.3, -0.25) is 4.79 Å². The third kappa shape index (κ3) is 2.00. The molecule has 0 bridgehead atoms. The van der Waals surface area contributed by atoms with E-state index in [9.17, 15) is 4.79 Å². The molecule has 2 aliphatic rings. The zero-order valence-corrected chi connectivity index (χ0v) is 9.69. The molecule has 4 nitrogen and oxygen atoms in total. The number of piperazine rings is 1. The van der Waals surface area contributed by atoms with Gasteiger partial charge in [0.05, 0.1) is 0 Å². The van der Waals surface area contributed by atoms with Crippen LogP contribution in [0.15, 0.2) is 24.3 Å². The number of benzene rings is 1. The fourth-order valence-electron chi connectivity index (χ4n) is 2.41. The second-order valence-corrected chi connectivity index (χ2v) is 4.49. The normalized spacial score (nSPS) is 23.1. The van der Waals surface area contributed by atoms with E-state index in [1.165, 1.54) is 0 Å². The van der Waals surface area contributed by atoms with E-state index < -0.39 is 0 Å². The van der Waals surface area contributed by atoms with Gasteiger partial charge in [0.15, 0.2) is 6.10 Å². The van der Waals surface area contributed by atoms with E-state index >= 15 is 0 Å². The van der Waals surface area contributed by atoms with Gasteiger partial charge in [-0.25, -0.2) is 0 Å². The van der Waals surface area contributed by atoms with Crippen molar-refractivity contribution >= 4 is 5.91 Å². The maximum Gasteiger partial charge on any atom is 0.264 e. The number of amides is 1.